The molecule has 0 aromatic carbocycles. The van der Waals surface area contributed by atoms with Gasteiger partial charge in [-0.05, 0) is 112 Å². The molecule has 4 aliphatic carbocycles. The van der Waals surface area contributed by atoms with Gasteiger partial charge in [-0.15, -0.1) is 0 Å². The number of fused-ring (bicyclic) bond motifs is 4. The van der Waals surface area contributed by atoms with E-state index in [-0.39, 0.29) is 17.2 Å². The van der Waals surface area contributed by atoms with E-state index in [9.17, 15) is 9.59 Å². The van der Waals surface area contributed by atoms with Crippen molar-refractivity contribution in [2.75, 3.05) is 20.6 Å². The van der Waals surface area contributed by atoms with Crippen LogP contribution in [0.15, 0.2) is 34.5 Å². The van der Waals surface area contributed by atoms with Crippen LogP contribution in [0.5, 0.6) is 0 Å². The van der Waals surface area contributed by atoms with Crippen LogP contribution in [-0.2, 0) is 4.79 Å². The van der Waals surface area contributed by atoms with E-state index in [1.807, 2.05) is 0 Å². The van der Waals surface area contributed by atoms with Gasteiger partial charge in [-0.25, -0.2) is 0 Å². The molecule has 5 nitrogen and oxygen atoms in total. The Morgan fingerprint density at radius 2 is 1.91 bits per heavy atom. The van der Waals surface area contributed by atoms with Crippen molar-refractivity contribution in [3.8, 4) is 0 Å². The number of amides is 1. The number of carbonyl (C=O) groups excluding carboxylic acids is 2. The number of Topliss-reactive ketones (excluding diaryl/α,β-unsaturated/α-hetero) is 1. The maximum absolute atomic E-state index is 12.9. The van der Waals surface area contributed by atoms with Crippen LogP contribution in [0.25, 0.3) is 0 Å². The Morgan fingerprint density at radius 3 is 2.68 bits per heavy atom. The maximum atomic E-state index is 12.9. The minimum Gasteiger partial charge on any atom is -0.461 e. The van der Waals surface area contributed by atoms with Crippen molar-refractivity contribution < 1.29 is 14.0 Å². The van der Waals surface area contributed by atoms with E-state index < -0.39 is 11.7 Å². The lowest BCUT2D eigenvalue weighted by Gasteiger charge is -2.58. The lowest BCUT2D eigenvalue weighted by Crippen LogP contribution is -2.53. The van der Waals surface area contributed by atoms with Crippen LogP contribution in [0.2, 0.25) is 0 Å². The SMILES string of the molecule is C[C@H]1[C@H]2CC[C@H]3[C@@H]4CC=C5C[C@@H](N(C)C(=O)C(=O)c6ccco6)CC[C@]5(C)C4CC[C@]23CN1C. The van der Waals surface area contributed by atoms with Gasteiger partial charge in [0.25, 0.3) is 11.7 Å². The number of rotatable bonds is 3. The Balaban J connectivity index is 1.20. The normalized spacial score (nSPS) is 43.4. The van der Waals surface area contributed by atoms with Gasteiger partial charge in [0.05, 0.1) is 6.26 Å². The van der Waals surface area contributed by atoms with E-state index in [2.05, 4.69) is 31.9 Å². The highest BCUT2D eigenvalue weighted by molar-refractivity contribution is 6.41. The van der Waals surface area contributed by atoms with Gasteiger partial charge in [0, 0.05) is 25.7 Å². The molecule has 5 heteroatoms. The van der Waals surface area contributed by atoms with E-state index in [0.29, 0.717) is 5.41 Å². The Labute approximate surface area is 203 Å². The van der Waals surface area contributed by atoms with Crippen LogP contribution < -0.4 is 0 Å². The molecule has 0 bridgehead atoms. The number of carbonyl (C=O) groups is 2. The first-order valence-corrected chi connectivity index (χ1v) is 13.5. The maximum Gasteiger partial charge on any atom is 0.298 e. The van der Waals surface area contributed by atoms with Crippen LogP contribution in [0.3, 0.4) is 0 Å². The van der Waals surface area contributed by atoms with Crippen molar-refractivity contribution in [2.24, 2.45) is 34.5 Å². The summed E-state index contributed by atoms with van der Waals surface area (Å²) < 4.78 is 5.18. The van der Waals surface area contributed by atoms with Crippen molar-refractivity contribution >= 4 is 11.7 Å². The highest BCUT2D eigenvalue weighted by Crippen LogP contribution is 2.68. The van der Waals surface area contributed by atoms with E-state index in [1.165, 1.54) is 44.9 Å². The Morgan fingerprint density at radius 1 is 1.12 bits per heavy atom. The summed E-state index contributed by atoms with van der Waals surface area (Å²) >= 11 is 0. The molecule has 1 aromatic heterocycles. The molecular formula is C29H40N2O3. The Hall–Kier alpha value is -1.88. The number of hydrogen-bond acceptors (Lipinski definition) is 4. The molecule has 2 heterocycles. The van der Waals surface area contributed by atoms with Gasteiger partial charge in [0.1, 0.15) is 0 Å². The fourth-order valence-electron chi connectivity index (χ4n) is 9.61. The van der Waals surface area contributed by atoms with Crippen LogP contribution in [0.1, 0.15) is 75.8 Å². The van der Waals surface area contributed by atoms with Crippen LogP contribution in [0, 0.1) is 34.5 Å². The van der Waals surface area contributed by atoms with Crippen molar-refractivity contribution in [3.05, 3.63) is 35.8 Å². The number of likely N-dealkylation sites (N-methyl/N-ethyl adjacent to an activating group) is 1. The monoisotopic (exact) mass is 464 g/mol. The highest BCUT2D eigenvalue weighted by Gasteiger charge is 2.64. The molecule has 34 heavy (non-hydrogen) atoms. The average molecular weight is 465 g/mol. The predicted molar refractivity (Wildman–Crippen MR) is 131 cm³/mol. The average Bonchev–Trinajstić information content (AvgIpc) is 3.54. The topological polar surface area (TPSA) is 53.8 Å². The largest absolute Gasteiger partial charge is 0.461 e. The number of furan rings is 1. The summed E-state index contributed by atoms with van der Waals surface area (Å²) in [4.78, 5) is 29.8. The third-order valence-corrected chi connectivity index (χ3v) is 11.5. The van der Waals surface area contributed by atoms with Crippen molar-refractivity contribution in [3.63, 3.8) is 0 Å². The summed E-state index contributed by atoms with van der Waals surface area (Å²) in [6, 6.07) is 4.06. The summed E-state index contributed by atoms with van der Waals surface area (Å²) in [7, 11) is 4.14. The zero-order chi connectivity index (χ0) is 23.8. The molecule has 8 atom stereocenters. The molecule has 4 fully saturated rings. The quantitative estimate of drug-likeness (QED) is 0.351. The Kier molecular flexibility index (Phi) is 5.19. The first-order valence-electron chi connectivity index (χ1n) is 13.5. The number of likely N-dealkylation sites (tertiary alicyclic amines) is 1. The van der Waals surface area contributed by atoms with Gasteiger partial charge in [-0.3, -0.25) is 9.59 Å². The number of ketones is 1. The Bertz CT molecular complexity index is 1010. The molecule has 184 valence electrons. The van der Waals surface area contributed by atoms with E-state index in [0.717, 1.165) is 49.0 Å². The van der Waals surface area contributed by atoms with Crippen molar-refractivity contribution in [1.29, 1.82) is 0 Å². The van der Waals surface area contributed by atoms with Gasteiger partial charge < -0.3 is 14.2 Å². The summed E-state index contributed by atoms with van der Waals surface area (Å²) in [5.74, 6) is 2.51. The third-order valence-electron chi connectivity index (χ3n) is 11.5. The molecule has 1 amide bonds. The molecule has 5 aliphatic rings. The molecule has 0 radical (unpaired) electrons. The second-order valence-corrected chi connectivity index (χ2v) is 12.5. The lowest BCUT2D eigenvalue weighted by molar-refractivity contribution is -0.128. The van der Waals surface area contributed by atoms with Crippen molar-refractivity contribution in [2.45, 2.75) is 77.3 Å². The number of allylic oxidation sites excluding steroid dienone is 1. The first kappa shape index (κ1) is 22.6. The van der Waals surface area contributed by atoms with Crippen molar-refractivity contribution in [1.82, 2.24) is 9.80 Å². The molecule has 1 aliphatic heterocycles. The molecule has 1 aromatic rings. The van der Waals surface area contributed by atoms with Gasteiger partial charge in [0.15, 0.2) is 5.76 Å². The molecule has 0 N–H and O–H groups in total. The second-order valence-electron chi connectivity index (χ2n) is 12.5. The van der Waals surface area contributed by atoms with Crippen LogP contribution in [-0.4, -0.2) is 54.2 Å². The van der Waals surface area contributed by atoms with E-state index in [1.54, 1.807) is 29.7 Å². The first-order chi connectivity index (χ1) is 16.3. The van der Waals surface area contributed by atoms with Crippen LogP contribution in [0.4, 0.5) is 0 Å². The third kappa shape index (κ3) is 3.01. The number of nitrogens with zero attached hydrogens (tertiary/aromatic N) is 2. The van der Waals surface area contributed by atoms with E-state index >= 15 is 0 Å². The minimum absolute atomic E-state index is 0.0948. The lowest BCUT2D eigenvalue weighted by atomic mass is 9.47. The zero-order valence-corrected chi connectivity index (χ0v) is 21.3. The minimum atomic E-state index is -0.539. The zero-order valence-electron chi connectivity index (χ0n) is 21.3. The standard InChI is InChI=1S/C29H40N2O3/c1-18-22-9-10-24-21-8-7-19-16-20(31(4)27(33)26(32)25-6-5-15-34-25)11-13-28(19,2)23(21)12-14-29(22,24)17-30(18)3/h5-7,15,18,20-24H,8-14,16-17H2,1-4H3/t18-,20-,21+,22+,23?,24-,28-,29-/m0/s1. The second kappa shape index (κ2) is 7.81. The molecule has 1 unspecified atom stereocenters. The fraction of sp³-hybridized carbons (Fsp3) is 0.724. The molecular weight excluding hydrogens is 424 g/mol. The molecule has 3 saturated carbocycles. The fourth-order valence-corrected chi connectivity index (χ4v) is 9.61. The summed E-state index contributed by atoms with van der Waals surface area (Å²) in [5, 5.41) is 0. The van der Waals surface area contributed by atoms with Gasteiger partial charge in [-0.2, -0.15) is 0 Å². The summed E-state index contributed by atoms with van der Waals surface area (Å²) in [6.45, 7) is 6.29. The van der Waals surface area contributed by atoms with Gasteiger partial charge in [0.2, 0.25) is 0 Å². The van der Waals surface area contributed by atoms with Gasteiger partial charge >= 0.3 is 0 Å². The molecule has 1 spiro atoms. The molecule has 6 rings (SSSR count). The summed E-state index contributed by atoms with van der Waals surface area (Å²) in [6.07, 6.45) is 13.8. The smallest absolute Gasteiger partial charge is 0.298 e. The number of hydrogen-bond donors (Lipinski definition) is 0. The van der Waals surface area contributed by atoms with Crippen LogP contribution >= 0.6 is 0 Å². The highest BCUT2D eigenvalue weighted by atomic mass is 16.3. The molecule has 1 saturated heterocycles. The van der Waals surface area contributed by atoms with E-state index in [4.69, 9.17) is 4.42 Å². The summed E-state index contributed by atoms with van der Waals surface area (Å²) in [5.41, 5.74) is 2.37. The van der Waals surface area contributed by atoms with Gasteiger partial charge in [-0.1, -0.05) is 18.6 Å². The predicted octanol–water partition coefficient (Wildman–Crippen LogP) is 5.18.